The van der Waals surface area contributed by atoms with Gasteiger partial charge < -0.3 is 14.6 Å². The Morgan fingerprint density at radius 1 is 0.809 bits per heavy atom. The van der Waals surface area contributed by atoms with Crippen molar-refractivity contribution in [3.05, 3.63) is 0 Å². The lowest BCUT2D eigenvalue weighted by Crippen LogP contribution is -2.63. The molecule has 0 saturated heterocycles. The van der Waals surface area contributed by atoms with E-state index in [9.17, 15) is 24.3 Å². The average molecular weight is 661 g/mol. The van der Waals surface area contributed by atoms with Gasteiger partial charge in [0, 0.05) is 11.3 Å². The lowest BCUT2D eigenvalue weighted by atomic mass is 9.36. The second-order valence-corrected chi connectivity index (χ2v) is 18.5. The van der Waals surface area contributed by atoms with Crippen molar-refractivity contribution in [1.29, 1.82) is 0 Å². The number of nitrogens with one attached hydrogen (secondary N) is 2. The van der Waals surface area contributed by atoms with E-state index in [-0.39, 0.29) is 53.0 Å². The Kier molecular flexibility index (Phi) is 10.8. The van der Waals surface area contributed by atoms with E-state index in [0.717, 1.165) is 64.2 Å². The van der Waals surface area contributed by atoms with Gasteiger partial charge >= 0.3 is 18.0 Å². The second-order valence-electron chi connectivity index (χ2n) is 18.5. The first-order valence-electron chi connectivity index (χ1n) is 18.3. The molecule has 268 valence electrons. The third kappa shape index (κ3) is 7.79. The van der Waals surface area contributed by atoms with Gasteiger partial charge in [-0.2, -0.15) is 0 Å². The van der Waals surface area contributed by atoms with Crippen LogP contribution < -0.4 is 10.9 Å². The molecule has 0 aromatic carbocycles. The number of amides is 2. The molecule has 4 rings (SSSR count). The number of hydrogen-bond acceptors (Lipinski definition) is 6. The van der Waals surface area contributed by atoms with Crippen LogP contribution in [0.15, 0.2) is 0 Å². The molecular formula is C38H64N2O7. The Bertz CT molecular complexity index is 1190. The van der Waals surface area contributed by atoms with Crippen molar-refractivity contribution in [3.8, 4) is 0 Å². The van der Waals surface area contributed by atoms with Gasteiger partial charge in [-0.15, -0.1) is 0 Å². The zero-order valence-electron chi connectivity index (χ0n) is 30.9. The summed E-state index contributed by atoms with van der Waals surface area (Å²) in [5, 5.41) is 9.27. The normalized spacial score (nSPS) is 36.5. The third-order valence-corrected chi connectivity index (χ3v) is 13.2. The first kappa shape index (κ1) is 37.5. The summed E-state index contributed by atoms with van der Waals surface area (Å²) in [6.45, 7) is 20.9. The maximum absolute atomic E-state index is 13.5. The Labute approximate surface area is 283 Å². The summed E-state index contributed by atoms with van der Waals surface area (Å²) in [5.74, 6) is 0.930. The zero-order chi connectivity index (χ0) is 35.2. The van der Waals surface area contributed by atoms with Crippen molar-refractivity contribution in [2.45, 2.75) is 158 Å². The van der Waals surface area contributed by atoms with Crippen molar-refractivity contribution in [3.63, 3.8) is 0 Å². The Balaban J connectivity index is 1.47. The molecular weight excluding hydrogens is 596 g/mol. The summed E-state index contributed by atoms with van der Waals surface area (Å²) in [4.78, 5) is 50.1. The van der Waals surface area contributed by atoms with Gasteiger partial charge in [0.1, 0.15) is 11.7 Å². The van der Waals surface area contributed by atoms with E-state index in [4.69, 9.17) is 9.47 Å². The average Bonchev–Trinajstić information content (AvgIpc) is 2.91. The molecule has 4 saturated carbocycles. The van der Waals surface area contributed by atoms with Gasteiger partial charge in [-0.25, -0.2) is 10.2 Å². The SMILES string of the molecule is CCCC1C(C(=O)NNC(=O)OC(C)(C)C)CCC2C1CCC1C2(C)CCC2C(C)(C)C(OC(=O)CC(C)(C)CC(=O)O)CCC21C. The highest BCUT2D eigenvalue weighted by Crippen LogP contribution is 2.71. The number of hydrogen-bond donors (Lipinski definition) is 3. The molecule has 0 aromatic heterocycles. The van der Waals surface area contributed by atoms with E-state index >= 15 is 0 Å². The number of carbonyl (C=O) groups is 4. The molecule has 4 fully saturated rings. The highest BCUT2D eigenvalue weighted by molar-refractivity contribution is 5.81. The summed E-state index contributed by atoms with van der Waals surface area (Å²) < 4.78 is 11.5. The van der Waals surface area contributed by atoms with Gasteiger partial charge in [0.15, 0.2) is 0 Å². The van der Waals surface area contributed by atoms with E-state index in [1.807, 2.05) is 13.8 Å². The van der Waals surface area contributed by atoms with Crippen molar-refractivity contribution in [2.24, 2.45) is 57.2 Å². The van der Waals surface area contributed by atoms with Crippen LogP contribution in [0.2, 0.25) is 0 Å². The minimum Gasteiger partial charge on any atom is -0.481 e. The molecule has 9 unspecified atom stereocenters. The second kappa shape index (κ2) is 13.5. The number of fused-ring (bicyclic) bond motifs is 5. The lowest BCUT2D eigenvalue weighted by Gasteiger charge is -2.68. The maximum Gasteiger partial charge on any atom is 0.426 e. The van der Waals surface area contributed by atoms with Crippen LogP contribution in [-0.4, -0.2) is 40.8 Å². The molecule has 9 atom stereocenters. The van der Waals surface area contributed by atoms with Crippen molar-refractivity contribution in [1.82, 2.24) is 10.9 Å². The van der Waals surface area contributed by atoms with Gasteiger partial charge in [0.2, 0.25) is 5.91 Å². The molecule has 0 aromatic rings. The number of carboxylic acids is 1. The van der Waals surface area contributed by atoms with Crippen molar-refractivity contribution in [2.75, 3.05) is 0 Å². The quantitative estimate of drug-likeness (QED) is 0.177. The Morgan fingerprint density at radius 2 is 1.47 bits per heavy atom. The molecule has 0 spiro atoms. The predicted molar refractivity (Wildman–Crippen MR) is 181 cm³/mol. The highest BCUT2D eigenvalue weighted by atomic mass is 16.6. The van der Waals surface area contributed by atoms with Gasteiger partial charge in [0.25, 0.3) is 0 Å². The fourth-order valence-corrected chi connectivity index (χ4v) is 11.5. The van der Waals surface area contributed by atoms with E-state index in [0.29, 0.717) is 29.6 Å². The molecule has 3 N–H and O–H groups in total. The molecule has 0 heterocycles. The summed E-state index contributed by atoms with van der Waals surface area (Å²) >= 11 is 0. The van der Waals surface area contributed by atoms with Crippen LogP contribution in [0.4, 0.5) is 4.79 Å². The molecule has 0 bridgehead atoms. The van der Waals surface area contributed by atoms with E-state index in [1.54, 1.807) is 20.8 Å². The molecule has 4 aliphatic rings. The van der Waals surface area contributed by atoms with E-state index in [2.05, 4.69) is 45.5 Å². The number of carbonyl (C=O) groups excluding carboxylic acids is 3. The monoisotopic (exact) mass is 660 g/mol. The number of esters is 1. The number of hydrazine groups is 1. The summed E-state index contributed by atoms with van der Waals surface area (Å²) in [6, 6.07) is 0. The van der Waals surface area contributed by atoms with Crippen LogP contribution in [0.25, 0.3) is 0 Å². The van der Waals surface area contributed by atoms with Crippen LogP contribution in [0.3, 0.4) is 0 Å². The summed E-state index contributed by atoms with van der Waals surface area (Å²) in [6.07, 6.45) is 9.49. The first-order chi connectivity index (χ1) is 21.6. The fraction of sp³-hybridized carbons (Fsp3) is 0.895. The lowest BCUT2D eigenvalue weighted by molar-refractivity contribution is -0.219. The van der Waals surface area contributed by atoms with Crippen LogP contribution in [-0.2, 0) is 23.9 Å². The van der Waals surface area contributed by atoms with Crippen LogP contribution >= 0.6 is 0 Å². The summed E-state index contributed by atoms with van der Waals surface area (Å²) in [7, 11) is 0. The summed E-state index contributed by atoms with van der Waals surface area (Å²) in [5.41, 5.74) is 4.04. The zero-order valence-corrected chi connectivity index (χ0v) is 30.9. The molecule has 0 radical (unpaired) electrons. The van der Waals surface area contributed by atoms with Crippen LogP contribution in [0.1, 0.15) is 146 Å². The van der Waals surface area contributed by atoms with Crippen molar-refractivity contribution >= 4 is 23.9 Å². The molecule has 9 heteroatoms. The van der Waals surface area contributed by atoms with E-state index in [1.165, 1.54) is 0 Å². The number of aliphatic carboxylic acids is 1. The van der Waals surface area contributed by atoms with Gasteiger partial charge in [-0.3, -0.25) is 19.8 Å². The topological polar surface area (TPSA) is 131 Å². The van der Waals surface area contributed by atoms with Crippen LogP contribution in [0.5, 0.6) is 0 Å². The van der Waals surface area contributed by atoms with E-state index < -0.39 is 23.1 Å². The van der Waals surface area contributed by atoms with Gasteiger partial charge in [-0.1, -0.05) is 54.9 Å². The molecule has 47 heavy (non-hydrogen) atoms. The number of ether oxygens (including phenoxy) is 2. The fourth-order valence-electron chi connectivity index (χ4n) is 11.5. The Hall–Kier alpha value is -2.32. The highest BCUT2D eigenvalue weighted by Gasteiger charge is 2.65. The molecule has 9 nitrogen and oxygen atoms in total. The number of rotatable bonds is 8. The van der Waals surface area contributed by atoms with Gasteiger partial charge in [-0.05, 0) is 124 Å². The third-order valence-electron chi connectivity index (χ3n) is 13.2. The minimum absolute atomic E-state index is 0.0627. The Morgan fingerprint density at radius 3 is 2.09 bits per heavy atom. The molecule has 4 aliphatic carbocycles. The molecule has 0 aliphatic heterocycles. The number of carboxylic acid groups (broad SMARTS) is 1. The first-order valence-corrected chi connectivity index (χ1v) is 18.3. The van der Waals surface area contributed by atoms with Crippen molar-refractivity contribution < 1.29 is 33.8 Å². The largest absolute Gasteiger partial charge is 0.481 e. The van der Waals surface area contributed by atoms with Gasteiger partial charge in [0.05, 0.1) is 12.8 Å². The van der Waals surface area contributed by atoms with Crippen LogP contribution in [0, 0.1) is 57.2 Å². The predicted octanol–water partition coefficient (Wildman–Crippen LogP) is 8.06. The smallest absolute Gasteiger partial charge is 0.426 e. The minimum atomic E-state index is -0.899. The maximum atomic E-state index is 13.5. The molecule has 2 amide bonds. The standard InChI is InChI=1S/C38H64N2O7/c1-11-12-23-24-14-16-28-37(9,26(24)15-13-25(23)32(44)39-40-33(45)47-34(2,3)4)19-17-27-36(7,8)29(18-20-38(27,28)10)46-31(43)22-35(5,6)21-30(41)42/h23-29H,11-22H2,1-10H3,(H,39,44)(H,40,45)(H,41,42).